The number of carbonyl (C=O) groups excluding carboxylic acids is 2. The Balaban J connectivity index is 1.62. The Bertz CT molecular complexity index is 1240. The monoisotopic (exact) mass is 491 g/mol. The topological polar surface area (TPSA) is 90.0 Å². The second-order valence-corrected chi connectivity index (χ2v) is 8.85. The summed E-state index contributed by atoms with van der Waals surface area (Å²) in [5, 5.41) is 3.57. The van der Waals surface area contributed by atoms with E-state index in [9.17, 15) is 9.59 Å². The number of nitrogens with zero attached hydrogens (tertiary/aromatic N) is 2. The van der Waals surface area contributed by atoms with Crippen molar-refractivity contribution >= 4 is 28.5 Å². The fraction of sp³-hybridized carbons (Fsp3) is 0.393. The van der Waals surface area contributed by atoms with Crippen molar-refractivity contribution in [1.82, 2.24) is 9.88 Å². The molecule has 1 aromatic heterocycles. The van der Waals surface area contributed by atoms with Gasteiger partial charge in [0.25, 0.3) is 5.91 Å². The van der Waals surface area contributed by atoms with Crippen LogP contribution in [-0.2, 0) is 22.5 Å². The Morgan fingerprint density at radius 2 is 1.81 bits per heavy atom. The molecule has 190 valence electrons. The highest BCUT2D eigenvalue weighted by atomic mass is 16.5. The third-order valence-corrected chi connectivity index (χ3v) is 6.40. The quantitative estimate of drug-likeness (QED) is 0.438. The average Bonchev–Trinajstić information content (AvgIpc) is 2.90. The van der Waals surface area contributed by atoms with Gasteiger partial charge in [-0.05, 0) is 25.5 Å². The molecule has 1 atom stereocenters. The predicted molar refractivity (Wildman–Crippen MR) is 139 cm³/mol. The van der Waals surface area contributed by atoms with Crippen molar-refractivity contribution in [3.63, 3.8) is 0 Å². The zero-order chi connectivity index (χ0) is 25.7. The molecule has 1 N–H and O–H groups in total. The molecule has 0 saturated carbocycles. The third-order valence-electron chi connectivity index (χ3n) is 6.40. The van der Waals surface area contributed by atoms with Crippen LogP contribution in [0.2, 0.25) is 0 Å². The maximum Gasteiger partial charge on any atom is 0.340 e. The van der Waals surface area contributed by atoms with Crippen LogP contribution < -0.4 is 14.8 Å². The molecule has 2 aromatic carbocycles. The fourth-order valence-corrected chi connectivity index (χ4v) is 4.60. The number of methoxy groups -OCH3 is 2. The summed E-state index contributed by atoms with van der Waals surface area (Å²) in [6.45, 7) is 6.45. The molecule has 0 bridgehead atoms. The number of nitrogens with one attached hydrogen (secondary N) is 1. The molecule has 1 aliphatic heterocycles. The molecule has 1 aliphatic rings. The van der Waals surface area contributed by atoms with Gasteiger partial charge in [-0.3, -0.25) is 14.7 Å². The molecule has 0 saturated heterocycles. The van der Waals surface area contributed by atoms with Gasteiger partial charge in [-0.25, -0.2) is 4.79 Å². The van der Waals surface area contributed by atoms with Crippen LogP contribution >= 0.6 is 0 Å². The first-order chi connectivity index (χ1) is 17.5. The molecule has 2 heterocycles. The van der Waals surface area contributed by atoms with Crippen LogP contribution in [0.5, 0.6) is 11.5 Å². The molecule has 1 unspecified atom stereocenters. The number of rotatable bonds is 9. The van der Waals surface area contributed by atoms with Crippen molar-refractivity contribution in [2.45, 2.75) is 45.8 Å². The highest BCUT2D eigenvalue weighted by molar-refractivity contribution is 6.06. The summed E-state index contributed by atoms with van der Waals surface area (Å²) in [6.07, 6.45) is 1.16. The van der Waals surface area contributed by atoms with E-state index in [1.54, 1.807) is 32.4 Å². The summed E-state index contributed by atoms with van der Waals surface area (Å²) in [5.41, 5.74) is 3.58. The van der Waals surface area contributed by atoms with Gasteiger partial charge in [0.1, 0.15) is 11.5 Å². The van der Waals surface area contributed by atoms with Crippen molar-refractivity contribution in [3.05, 3.63) is 59.3 Å². The Hall–Kier alpha value is -3.65. The maximum absolute atomic E-state index is 13.6. The van der Waals surface area contributed by atoms with E-state index in [-0.39, 0.29) is 0 Å². The smallest absolute Gasteiger partial charge is 0.340 e. The summed E-state index contributed by atoms with van der Waals surface area (Å²) < 4.78 is 16.4. The van der Waals surface area contributed by atoms with Crippen LogP contribution in [0.25, 0.3) is 10.9 Å². The lowest BCUT2D eigenvalue weighted by atomic mass is 9.95. The number of aromatic nitrogens is 1. The van der Waals surface area contributed by atoms with Crippen molar-refractivity contribution in [2.75, 3.05) is 32.6 Å². The number of hydrogen-bond donors (Lipinski definition) is 1. The highest BCUT2D eigenvalue weighted by Crippen LogP contribution is 2.30. The minimum atomic E-state index is -0.965. The van der Waals surface area contributed by atoms with E-state index >= 15 is 0 Å². The number of benzene rings is 2. The van der Waals surface area contributed by atoms with Gasteiger partial charge in [-0.15, -0.1) is 0 Å². The van der Waals surface area contributed by atoms with Gasteiger partial charge in [0, 0.05) is 60.0 Å². The summed E-state index contributed by atoms with van der Waals surface area (Å²) in [5.74, 6) is 0.164. The number of ether oxygens (including phenoxy) is 3. The van der Waals surface area contributed by atoms with Crippen molar-refractivity contribution in [2.24, 2.45) is 0 Å². The molecule has 0 aliphatic carbocycles. The Morgan fingerprint density at radius 1 is 1.08 bits per heavy atom. The summed E-state index contributed by atoms with van der Waals surface area (Å²) in [4.78, 5) is 33.9. The second-order valence-electron chi connectivity index (χ2n) is 8.85. The molecule has 36 heavy (non-hydrogen) atoms. The number of hydrogen-bond acceptors (Lipinski definition) is 7. The lowest BCUT2D eigenvalue weighted by Gasteiger charge is -2.30. The zero-order valence-electron chi connectivity index (χ0n) is 21.3. The Labute approximate surface area is 211 Å². The molecule has 4 rings (SSSR count). The fourth-order valence-electron chi connectivity index (χ4n) is 4.60. The molecule has 0 radical (unpaired) electrons. The number of esters is 1. The van der Waals surface area contributed by atoms with Gasteiger partial charge in [-0.2, -0.15) is 0 Å². The van der Waals surface area contributed by atoms with E-state index in [0.29, 0.717) is 35.7 Å². The number of amides is 1. The third kappa shape index (κ3) is 5.44. The van der Waals surface area contributed by atoms with Gasteiger partial charge in [0.15, 0.2) is 6.10 Å². The molecule has 0 fully saturated rings. The van der Waals surface area contributed by atoms with E-state index in [1.807, 2.05) is 31.2 Å². The van der Waals surface area contributed by atoms with Gasteiger partial charge >= 0.3 is 5.97 Å². The zero-order valence-corrected chi connectivity index (χ0v) is 21.3. The van der Waals surface area contributed by atoms with E-state index < -0.39 is 18.0 Å². The van der Waals surface area contributed by atoms with Crippen molar-refractivity contribution in [1.29, 1.82) is 0 Å². The van der Waals surface area contributed by atoms with E-state index in [1.165, 1.54) is 0 Å². The first-order valence-electron chi connectivity index (χ1n) is 12.3. The van der Waals surface area contributed by atoms with Crippen molar-refractivity contribution in [3.8, 4) is 11.5 Å². The number of fused-ring (bicyclic) bond motifs is 2. The first kappa shape index (κ1) is 25.4. The van der Waals surface area contributed by atoms with E-state index in [2.05, 4.69) is 17.1 Å². The van der Waals surface area contributed by atoms with Gasteiger partial charge in [0.05, 0.1) is 25.3 Å². The minimum Gasteiger partial charge on any atom is -0.497 e. The SMILES string of the molecule is CCCN1CCc2nc3ccccc3c(C(=O)OC(CC)C(=O)Nc3cc(OC)cc(OC)c3)c2C1. The second kappa shape index (κ2) is 11.4. The molecular formula is C28H33N3O5. The molecule has 8 nitrogen and oxygen atoms in total. The Morgan fingerprint density at radius 3 is 2.47 bits per heavy atom. The van der Waals surface area contributed by atoms with E-state index in [4.69, 9.17) is 19.2 Å². The lowest BCUT2D eigenvalue weighted by Crippen LogP contribution is -2.35. The summed E-state index contributed by atoms with van der Waals surface area (Å²) >= 11 is 0. The first-order valence-corrected chi connectivity index (χ1v) is 12.3. The van der Waals surface area contributed by atoms with Gasteiger partial charge < -0.3 is 19.5 Å². The maximum atomic E-state index is 13.6. The van der Waals surface area contributed by atoms with Crippen LogP contribution in [0.1, 0.15) is 48.3 Å². The van der Waals surface area contributed by atoms with Crippen molar-refractivity contribution < 1.29 is 23.8 Å². The van der Waals surface area contributed by atoms with Crippen LogP contribution in [0.4, 0.5) is 5.69 Å². The van der Waals surface area contributed by atoms with Crippen LogP contribution in [0, 0.1) is 0 Å². The molecule has 3 aromatic rings. The number of para-hydroxylation sites is 1. The largest absolute Gasteiger partial charge is 0.497 e. The minimum absolute atomic E-state index is 0.325. The molecule has 1 amide bonds. The normalized spacial score (nSPS) is 14.1. The van der Waals surface area contributed by atoms with Gasteiger partial charge in [-0.1, -0.05) is 32.0 Å². The number of anilines is 1. The summed E-state index contributed by atoms with van der Waals surface area (Å²) in [6, 6.07) is 12.7. The van der Waals surface area contributed by atoms with Crippen LogP contribution in [0.3, 0.4) is 0 Å². The summed E-state index contributed by atoms with van der Waals surface area (Å²) in [7, 11) is 3.08. The molecule has 8 heteroatoms. The molecule has 0 spiro atoms. The standard InChI is InChI=1S/C28H33N3O5/c1-5-12-31-13-11-24-22(17-31)26(21-9-7-8-10-23(21)30-24)28(33)36-25(6-2)27(32)29-18-14-19(34-3)16-20(15-18)35-4/h7-10,14-16,25H,5-6,11-13,17H2,1-4H3,(H,29,32). The van der Waals surface area contributed by atoms with Crippen LogP contribution in [-0.4, -0.2) is 55.2 Å². The lowest BCUT2D eigenvalue weighted by molar-refractivity contribution is -0.124. The molecular weight excluding hydrogens is 458 g/mol. The predicted octanol–water partition coefficient (Wildman–Crippen LogP) is 4.59. The van der Waals surface area contributed by atoms with Crippen LogP contribution in [0.15, 0.2) is 42.5 Å². The average molecular weight is 492 g/mol. The highest BCUT2D eigenvalue weighted by Gasteiger charge is 2.29. The number of pyridine rings is 1. The Kier molecular flexibility index (Phi) is 8.05. The van der Waals surface area contributed by atoms with Gasteiger partial charge in [0.2, 0.25) is 0 Å². The van der Waals surface area contributed by atoms with E-state index in [0.717, 1.165) is 48.1 Å². The number of carbonyl (C=O) groups is 2.